The van der Waals surface area contributed by atoms with Crippen LogP contribution in [0.5, 0.6) is 0 Å². The number of hydrogen-bond donors (Lipinski definition) is 1. The minimum atomic E-state index is -0.590. The number of halogens is 2. The summed E-state index contributed by atoms with van der Waals surface area (Å²) in [7, 11) is 0. The van der Waals surface area contributed by atoms with Gasteiger partial charge in [0.15, 0.2) is 5.15 Å². The third-order valence-electron chi connectivity index (χ3n) is 6.02. The molecule has 3 aromatic rings. The van der Waals surface area contributed by atoms with E-state index in [0.717, 1.165) is 53.3 Å². The highest BCUT2D eigenvalue weighted by atomic mass is 35.5. The molecule has 5 heterocycles. The van der Waals surface area contributed by atoms with Crippen LogP contribution >= 0.6 is 34.5 Å². The van der Waals surface area contributed by atoms with E-state index in [1.807, 2.05) is 29.8 Å². The van der Waals surface area contributed by atoms with E-state index >= 15 is 0 Å². The summed E-state index contributed by atoms with van der Waals surface area (Å²) >= 11 is 14.1. The van der Waals surface area contributed by atoms with Gasteiger partial charge in [0.05, 0.1) is 28.5 Å². The van der Waals surface area contributed by atoms with Crippen molar-refractivity contribution >= 4 is 40.1 Å². The molecule has 0 aromatic carbocycles. The van der Waals surface area contributed by atoms with Crippen LogP contribution in [-0.2, 0) is 16.9 Å². The predicted octanol–water partition coefficient (Wildman–Crippen LogP) is 4.35. The van der Waals surface area contributed by atoms with Crippen LogP contribution in [0.25, 0.3) is 5.52 Å². The highest BCUT2D eigenvalue weighted by Crippen LogP contribution is 2.50. The second kappa shape index (κ2) is 7.18. The van der Waals surface area contributed by atoms with Gasteiger partial charge < -0.3 is 9.84 Å². The Kier molecular flexibility index (Phi) is 4.89. The van der Waals surface area contributed by atoms with Crippen LogP contribution in [0, 0.1) is 6.92 Å². The number of fused-ring (bicyclic) bond motifs is 3. The molecule has 0 aliphatic carbocycles. The molecule has 0 saturated carbocycles. The maximum Gasteiger partial charge on any atom is 0.155 e. The lowest BCUT2D eigenvalue weighted by Crippen LogP contribution is -2.50. The van der Waals surface area contributed by atoms with Crippen LogP contribution in [0.2, 0.25) is 9.49 Å². The molecule has 9 heteroatoms. The maximum absolute atomic E-state index is 10.3. The molecule has 2 aliphatic heterocycles. The van der Waals surface area contributed by atoms with Gasteiger partial charge in [0.25, 0.3) is 0 Å². The number of rotatable bonds is 2. The van der Waals surface area contributed by atoms with E-state index in [4.69, 9.17) is 27.9 Å². The molecule has 3 unspecified atom stereocenters. The van der Waals surface area contributed by atoms with Gasteiger partial charge >= 0.3 is 0 Å². The van der Waals surface area contributed by atoms with E-state index in [0.29, 0.717) is 22.1 Å². The Bertz CT molecular complexity index is 1080. The Morgan fingerprint density at radius 1 is 1.38 bits per heavy atom. The molecule has 3 aromatic heterocycles. The molecule has 1 fully saturated rings. The average Bonchev–Trinajstić information content (AvgIpc) is 3.25. The summed E-state index contributed by atoms with van der Waals surface area (Å²) in [6, 6.07) is 4.20. The number of piperidine rings is 1. The summed E-state index contributed by atoms with van der Waals surface area (Å²) < 4.78 is 8.75. The van der Waals surface area contributed by atoms with Crippen molar-refractivity contribution < 1.29 is 9.84 Å². The molecule has 5 rings (SSSR count). The number of aliphatic hydroxyl groups is 1. The van der Waals surface area contributed by atoms with E-state index in [9.17, 15) is 5.11 Å². The zero-order chi connectivity index (χ0) is 20.3. The number of nitrogens with zero attached hydrogens (tertiary/aromatic N) is 4. The van der Waals surface area contributed by atoms with E-state index in [1.54, 1.807) is 0 Å². The van der Waals surface area contributed by atoms with Crippen LogP contribution in [0.1, 0.15) is 47.7 Å². The first-order chi connectivity index (χ1) is 13.8. The summed E-state index contributed by atoms with van der Waals surface area (Å²) in [5.74, 6) is 0. The molecule has 0 bridgehead atoms. The van der Waals surface area contributed by atoms with Crippen molar-refractivity contribution in [2.24, 2.45) is 0 Å². The van der Waals surface area contributed by atoms with Crippen molar-refractivity contribution in [3.63, 3.8) is 0 Å². The van der Waals surface area contributed by atoms with Gasteiger partial charge in [-0.05, 0) is 38.8 Å². The largest absolute Gasteiger partial charge is 0.386 e. The summed E-state index contributed by atoms with van der Waals surface area (Å²) in [4.78, 5) is 7.82. The van der Waals surface area contributed by atoms with E-state index in [-0.39, 0.29) is 5.60 Å². The molecule has 1 N–H and O–H groups in total. The fourth-order valence-electron chi connectivity index (χ4n) is 4.60. The van der Waals surface area contributed by atoms with Crippen molar-refractivity contribution in [3.05, 3.63) is 49.6 Å². The predicted molar refractivity (Wildman–Crippen MR) is 114 cm³/mol. The first-order valence-electron chi connectivity index (χ1n) is 9.72. The zero-order valence-corrected chi connectivity index (χ0v) is 18.6. The maximum atomic E-state index is 10.3. The normalized spacial score (nSPS) is 27.6. The van der Waals surface area contributed by atoms with Crippen molar-refractivity contribution in [2.45, 2.75) is 51.0 Å². The van der Waals surface area contributed by atoms with Crippen LogP contribution in [0.4, 0.5) is 0 Å². The molecular formula is C20H22Cl2N4O2S. The number of thiophene rings is 1. The molecule has 2 aliphatic rings. The lowest BCUT2D eigenvalue weighted by molar-refractivity contribution is -0.139. The molecule has 29 heavy (non-hydrogen) atoms. The van der Waals surface area contributed by atoms with Crippen LogP contribution in [0.15, 0.2) is 18.3 Å². The number of aliphatic hydroxyl groups excluding tert-OH is 1. The highest BCUT2D eigenvalue weighted by molar-refractivity contribution is 7.16. The average molecular weight is 453 g/mol. The third kappa shape index (κ3) is 3.38. The monoisotopic (exact) mass is 452 g/mol. The van der Waals surface area contributed by atoms with Crippen molar-refractivity contribution in [3.8, 4) is 0 Å². The number of aromatic nitrogens is 3. The lowest BCUT2D eigenvalue weighted by Gasteiger charge is -2.47. The molecule has 6 nitrogen and oxygen atoms in total. The molecule has 1 saturated heterocycles. The summed E-state index contributed by atoms with van der Waals surface area (Å²) in [6.07, 6.45) is 3.02. The van der Waals surface area contributed by atoms with E-state index in [1.165, 1.54) is 11.3 Å². The Morgan fingerprint density at radius 2 is 2.21 bits per heavy atom. The minimum Gasteiger partial charge on any atom is -0.386 e. The van der Waals surface area contributed by atoms with Gasteiger partial charge in [0, 0.05) is 29.6 Å². The number of aryl methyl sites for hydroxylation is 1. The fraction of sp³-hybridized carbons (Fsp3) is 0.500. The van der Waals surface area contributed by atoms with Crippen molar-refractivity contribution in [2.75, 3.05) is 13.2 Å². The van der Waals surface area contributed by atoms with Gasteiger partial charge in [-0.1, -0.05) is 23.2 Å². The molecule has 1 spiro atoms. The zero-order valence-electron chi connectivity index (χ0n) is 16.2. The summed E-state index contributed by atoms with van der Waals surface area (Å²) in [5.41, 5.74) is 3.22. The Hall–Kier alpha value is -1.22. The molecule has 0 amide bonds. The Balaban J connectivity index is 1.37. The summed E-state index contributed by atoms with van der Waals surface area (Å²) in [6.45, 7) is 6.08. The first kappa shape index (κ1) is 19.7. The van der Waals surface area contributed by atoms with Gasteiger partial charge in [-0.15, -0.1) is 11.3 Å². The number of likely N-dealkylation sites (tertiary alicyclic amines) is 1. The molecular weight excluding hydrogens is 431 g/mol. The third-order valence-corrected chi connectivity index (χ3v) is 7.76. The van der Waals surface area contributed by atoms with Gasteiger partial charge in [-0.2, -0.15) is 5.10 Å². The van der Waals surface area contributed by atoms with Gasteiger partial charge in [0.1, 0.15) is 17.2 Å². The van der Waals surface area contributed by atoms with Crippen molar-refractivity contribution in [1.29, 1.82) is 0 Å². The number of hydrogen-bond acceptors (Lipinski definition) is 6. The second-order valence-corrected chi connectivity index (χ2v) is 10.1. The van der Waals surface area contributed by atoms with Gasteiger partial charge in [-0.25, -0.2) is 9.50 Å². The SMILES string of the molecule is Cc1cn2nc(CN3CCC4(CC3C)OCC(O)c3cc(Cl)sc34)cc2c(Cl)n1. The topological polar surface area (TPSA) is 62.9 Å². The molecule has 3 atom stereocenters. The van der Waals surface area contributed by atoms with Crippen LogP contribution in [0.3, 0.4) is 0 Å². The first-order valence-corrected chi connectivity index (χ1v) is 11.3. The van der Waals surface area contributed by atoms with Crippen LogP contribution < -0.4 is 0 Å². The summed E-state index contributed by atoms with van der Waals surface area (Å²) in [5, 5.41) is 15.5. The fourth-order valence-corrected chi connectivity index (χ4v) is 6.34. The quantitative estimate of drug-likeness (QED) is 0.625. The molecule has 154 valence electrons. The smallest absolute Gasteiger partial charge is 0.155 e. The Labute approximate surface area is 183 Å². The van der Waals surface area contributed by atoms with E-state index < -0.39 is 6.10 Å². The molecule has 0 radical (unpaired) electrons. The van der Waals surface area contributed by atoms with E-state index in [2.05, 4.69) is 21.9 Å². The van der Waals surface area contributed by atoms with Crippen molar-refractivity contribution in [1.82, 2.24) is 19.5 Å². The number of ether oxygens (including phenoxy) is 1. The highest BCUT2D eigenvalue weighted by Gasteiger charge is 2.46. The second-order valence-electron chi connectivity index (χ2n) is 8.07. The minimum absolute atomic E-state index is 0.299. The standard InChI is InChI=1S/C20H22Cl2N4O2S/c1-11-8-26-15(19(22)23-11)5-13(24-26)9-25-4-3-20(7-12(25)2)18-14(6-17(21)29-18)16(27)10-28-20/h5-6,8,12,16,27H,3-4,7,9-10H2,1-2H3. The lowest BCUT2D eigenvalue weighted by atomic mass is 9.81. The van der Waals surface area contributed by atoms with Gasteiger partial charge in [-0.3, -0.25) is 4.90 Å². The van der Waals surface area contributed by atoms with Crippen LogP contribution in [-0.4, -0.2) is 43.8 Å². The Morgan fingerprint density at radius 3 is 3.00 bits per heavy atom. The van der Waals surface area contributed by atoms with Gasteiger partial charge in [0.2, 0.25) is 0 Å².